The molecule has 208 valence electrons. The molecule has 1 heterocycles. The van der Waals surface area contributed by atoms with E-state index in [1.54, 1.807) is 37.3 Å². The van der Waals surface area contributed by atoms with Gasteiger partial charge in [0.15, 0.2) is 5.78 Å². The predicted molar refractivity (Wildman–Crippen MR) is 139 cm³/mol. The third kappa shape index (κ3) is 8.96. The second-order valence-corrected chi connectivity index (χ2v) is 10.0. The number of benzene rings is 1. The maximum atomic E-state index is 13.2. The smallest absolute Gasteiger partial charge is 0.263 e. The first-order valence-electron chi connectivity index (χ1n) is 11.8. The lowest BCUT2D eigenvalue weighted by atomic mass is 9.91. The van der Waals surface area contributed by atoms with E-state index in [4.69, 9.17) is 9.47 Å². The van der Waals surface area contributed by atoms with Crippen molar-refractivity contribution in [3.05, 3.63) is 52.0 Å². The Morgan fingerprint density at radius 1 is 0.974 bits per heavy atom. The average molecular weight is 551 g/mol. The molecule has 1 aromatic heterocycles. The maximum absolute atomic E-state index is 13.2. The zero-order chi connectivity index (χ0) is 28.3. The molecule has 0 bridgehead atoms. The van der Waals surface area contributed by atoms with Gasteiger partial charge in [-0.25, -0.2) is 4.98 Å². The number of Topliss-reactive ketones (excluding diaryl/α,β-unsaturated/α-hetero) is 1. The molecule has 3 amide bonds. The normalized spacial score (nSPS) is 15.0. The van der Waals surface area contributed by atoms with Gasteiger partial charge >= 0.3 is 0 Å². The Morgan fingerprint density at radius 2 is 1.53 bits per heavy atom. The van der Waals surface area contributed by atoms with Crippen molar-refractivity contribution < 1.29 is 38.9 Å². The molecular formula is C25H34N4O8S. The number of rotatable bonds is 15. The van der Waals surface area contributed by atoms with E-state index >= 15 is 0 Å². The summed E-state index contributed by atoms with van der Waals surface area (Å²) in [7, 11) is 2.69. The van der Waals surface area contributed by atoms with E-state index in [1.165, 1.54) is 20.4 Å². The summed E-state index contributed by atoms with van der Waals surface area (Å²) >= 11 is 1.16. The van der Waals surface area contributed by atoms with Gasteiger partial charge in [-0.15, -0.1) is 11.3 Å². The first kappa shape index (κ1) is 31.0. The number of aryl methyl sites for hydroxylation is 1. The molecule has 0 spiro atoms. The number of hydrogen-bond donors (Lipinski definition) is 5. The van der Waals surface area contributed by atoms with Crippen LogP contribution in [0.25, 0.3) is 0 Å². The summed E-state index contributed by atoms with van der Waals surface area (Å²) in [5.74, 6) is -2.81. The SMILES string of the molecule is COCC(NC(=O)c1cnc(C)s1)C(=O)NC(COC)C(=O)N[C@@H](Cc1ccccc1)C(=O)[C@](C)(O)CO. The third-order valence-electron chi connectivity index (χ3n) is 5.52. The Bertz CT molecular complexity index is 1090. The van der Waals surface area contributed by atoms with Gasteiger partial charge in [-0.3, -0.25) is 19.2 Å². The molecule has 2 aromatic rings. The minimum Gasteiger partial charge on any atom is -0.393 e. The lowest BCUT2D eigenvalue weighted by Crippen LogP contribution is -2.60. The molecule has 0 fully saturated rings. The van der Waals surface area contributed by atoms with Crippen molar-refractivity contribution in [2.24, 2.45) is 0 Å². The van der Waals surface area contributed by atoms with Crippen LogP contribution in [0.5, 0.6) is 0 Å². The molecule has 0 aliphatic rings. The number of aliphatic hydroxyl groups excluding tert-OH is 1. The zero-order valence-corrected chi connectivity index (χ0v) is 22.5. The molecule has 5 N–H and O–H groups in total. The van der Waals surface area contributed by atoms with Gasteiger partial charge in [0.25, 0.3) is 5.91 Å². The van der Waals surface area contributed by atoms with Crippen LogP contribution in [0.1, 0.15) is 27.2 Å². The monoisotopic (exact) mass is 550 g/mol. The number of aromatic nitrogens is 1. The highest BCUT2D eigenvalue weighted by Gasteiger charge is 2.37. The second-order valence-electron chi connectivity index (χ2n) is 8.79. The minimum atomic E-state index is -2.10. The molecule has 0 saturated carbocycles. The fourth-order valence-corrected chi connectivity index (χ4v) is 4.13. The maximum Gasteiger partial charge on any atom is 0.263 e. The average Bonchev–Trinajstić information content (AvgIpc) is 3.34. The first-order chi connectivity index (χ1) is 18.0. The molecule has 12 nitrogen and oxygen atoms in total. The van der Waals surface area contributed by atoms with Crippen molar-refractivity contribution in [2.45, 2.75) is 44.0 Å². The summed E-state index contributed by atoms with van der Waals surface area (Å²) in [6.45, 7) is 1.62. The van der Waals surface area contributed by atoms with E-state index in [1.807, 2.05) is 0 Å². The quantitative estimate of drug-likeness (QED) is 0.193. The van der Waals surface area contributed by atoms with Gasteiger partial charge in [0, 0.05) is 14.2 Å². The molecule has 2 unspecified atom stereocenters. The molecule has 38 heavy (non-hydrogen) atoms. The summed E-state index contributed by atoms with van der Waals surface area (Å²) in [5, 5.41) is 28.1. The summed E-state index contributed by atoms with van der Waals surface area (Å²) < 4.78 is 10.2. The van der Waals surface area contributed by atoms with Gasteiger partial charge < -0.3 is 35.6 Å². The van der Waals surface area contributed by atoms with Gasteiger partial charge in [0.1, 0.15) is 22.6 Å². The lowest BCUT2D eigenvalue weighted by molar-refractivity contribution is -0.144. The third-order valence-corrected chi connectivity index (χ3v) is 6.43. The fourth-order valence-electron chi connectivity index (χ4n) is 3.45. The number of aliphatic hydroxyl groups is 2. The molecule has 0 saturated heterocycles. The zero-order valence-electron chi connectivity index (χ0n) is 21.7. The largest absolute Gasteiger partial charge is 0.393 e. The Labute approximate surface area is 224 Å². The number of nitrogens with one attached hydrogen (secondary N) is 3. The highest BCUT2D eigenvalue weighted by atomic mass is 32.1. The Hall–Kier alpha value is -3.23. The molecule has 0 radical (unpaired) electrons. The summed E-state index contributed by atoms with van der Waals surface area (Å²) in [5.41, 5.74) is -1.40. The van der Waals surface area contributed by atoms with Crippen LogP contribution < -0.4 is 16.0 Å². The Kier molecular flexibility index (Phi) is 11.9. The van der Waals surface area contributed by atoms with Crippen LogP contribution in [0.15, 0.2) is 36.5 Å². The van der Waals surface area contributed by atoms with Crippen LogP contribution in [0, 0.1) is 6.92 Å². The molecule has 0 aliphatic heterocycles. The van der Waals surface area contributed by atoms with Gasteiger partial charge in [0.2, 0.25) is 11.8 Å². The van der Waals surface area contributed by atoms with Crippen LogP contribution in [0.2, 0.25) is 0 Å². The number of carbonyl (C=O) groups excluding carboxylic acids is 4. The van der Waals surface area contributed by atoms with E-state index in [9.17, 15) is 29.4 Å². The van der Waals surface area contributed by atoms with Crippen molar-refractivity contribution in [2.75, 3.05) is 34.0 Å². The number of carbonyl (C=O) groups is 4. The number of amides is 3. The molecule has 13 heteroatoms. The van der Waals surface area contributed by atoms with Crippen molar-refractivity contribution >= 4 is 34.8 Å². The van der Waals surface area contributed by atoms with Crippen LogP contribution in [0.4, 0.5) is 0 Å². The predicted octanol–water partition coefficient (Wildman–Crippen LogP) is -0.633. The van der Waals surface area contributed by atoms with Crippen LogP contribution in [-0.2, 0) is 30.3 Å². The molecular weight excluding hydrogens is 516 g/mol. The van der Waals surface area contributed by atoms with E-state index in [2.05, 4.69) is 20.9 Å². The standard InChI is InChI=1S/C25H34N4O8S/c1-15-26-11-20(38-15)24(34)29-19(13-37-4)23(33)28-18(12-36-3)22(32)27-17(21(31)25(2,35)14-30)10-16-8-6-5-7-9-16/h5-9,11,17-19,30,35H,10,12-14H2,1-4H3,(H,27,32)(H,28,33)(H,29,34)/t17-,18?,19?,25+/m0/s1. The number of methoxy groups -OCH3 is 2. The summed E-state index contributed by atoms with van der Waals surface area (Å²) in [4.78, 5) is 56.1. The van der Waals surface area contributed by atoms with Crippen LogP contribution in [-0.4, -0.2) is 96.5 Å². The van der Waals surface area contributed by atoms with E-state index in [0.717, 1.165) is 18.3 Å². The van der Waals surface area contributed by atoms with Crippen molar-refractivity contribution in [3.63, 3.8) is 0 Å². The molecule has 0 aliphatic carbocycles. The van der Waals surface area contributed by atoms with Crippen molar-refractivity contribution in [1.82, 2.24) is 20.9 Å². The molecule has 4 atom stereocenters. The van der Waals surface area contributed by atoms with E-state index in [0.29, 0.717) is 15.4 Å². The first-order valence-corrected chi connectivity index (χ1v) is 12.6. The van der Waals surface area contributed by atoms with Gasteiger partial charge in [0.05, 0.1) is 37.1 Å². The summed E-state index contributed by atoms with van der Waals surface area (Å²) in [6, 6.07) is 5.20. The van der Waals surface area contributed by atoms with Crippen molar-refractivity contribution in [1.29, 1.82) is 0 Å². The Morgan fingerprint density at radius 3 is 2.03 bits per heavy atom. The number of nitrogens with zero attached hydrogens (tertiary/aromatic N) is 1. The topological polar surface area (TPSA) is 176 Å². The van der Waals surface area contributed by atoms with Crippen molar-refractivity contribution in [3.8, 4) is 0 Å². The molecule has 1 aromatic carbocycles. The van der Waals surface area contributed by atoms with Crippen LogP contribution in [0.3, 0.4) is 0 Å². The lowest BCUT2D eigenvalue weighted by Gasteiger charge is -2.28. The van der Waals surface area contributed by atoms with Gasteiger partial charge in [-0.05, 0) is 25.8 Å². The van der Waals surface area contributed by atoms with E-state index < -0.39 is 53.8 Å². The Balaban J connectivity index is 2.18. The highest BCUT2D eigenvalue weighted by molar-refractivity contribution is 7.13. The number of ketones is 1. The fraction of sp³-hybridized carbons (Fsp3) is 0.480. The van der Waals surface area contributed by atoms with Gasteiger partial charge in [-0.2, -0.15) is 0 Å². The molecule has 2 rings (SSSR count). The summed E-state index contributed by atoms with van der Waals surface area (Å²) in [6.07, 6.45) is 1.43. The van der Waals surface area contributed by atoms with E-state index in [-0.39, 0.29) is 19.6 Å². The number of thiazole rings is 1. The van der Waals surface area contributed by atoms with Crippen LogP contribution >= 0.6 is 11.3 Å². The second kappa shape index (κ2) is 14.6. The minimum absolute atomic E-state index is 0.0336. The van der Waals surface area contributed by atoms with Gasteiger partial charge in [-0.1, -0.05) is 30.3 Å². The highest BCUT2D eigenvalue weighted by Crippen LogP contribution is 2.13. The number of hydrogen-bond acceptors (Lipinski definition) is 10. The number of ether oxygens (including phenoxy) is 2.